The number of halogens is 1. The van der Waals surface area contributed by atoms with E-state index in [4.69, 9.17) is 9.47 Å². The van der Waals surface area contributed by atoms with Crippen LogP contribution in [0.15, 0.2) is 33.9 Å². The number of benzene rings is 1. The Morgan fingerprint density at radius 1 is 1.36 bits per heavy atom. The fourth-order valence-electron chi connectivity index (χ4n) is 2.70. The molecular formula is C18H23BrN2O4. The number of allylic oxidation sites excluding steroid dienone is 1. The number of carbonyl (C=O) groups is 2. The zero-order valence-electron chi connectivity index (χ0n) is 14.8. The molecule has 1 heterocycles. The van der Waals surface area contributed by atoms with Gasteiger partial charge >= 0.3 is 12.0 Å². The van der Waals surface area contributed by atoms with Gasteiger partial charge < -0.3 is 20.1 Å². The van der Waals surface area contributed by atoms with Crippen molar-refractivity contribution in [2.24, 2.45) is 0 Å². The molecule has 1 aromatic rings. The molecule has 0 saturated carbocycles. The van der Waals surface area contributed by atoms with Gasteiger partial charge in [-0.05, 0) is 53.9 Å². The lowest BCUT2D eigenvalue weighted by Crippen LogP contribution is -2.46. The third-order valence-corrected chi connectivity index (χ3v) is 4.35. The molecule has 1 atom stereocenters. The number of esters is 1. The predicted octanol–water partition coefficient (Wildman–Crippen LogP) is 3.82. The lowest BCUT2D eigenvalue weighted by Gasteiger charge is -2.30. The number of carbonyl (C=O) groups excluding carboxylic acids is 2. The first kappa shape index (κ1) is 19.3. The molecule has 136 valence electrons. The maximum Gasteiger partial charge on any atom is 0.338 e. The average molecular weight is 411 g/mol. The Labute approximate surface area is 156 Å². The van der Waals surface area contributed by atoms with Crippen molar-refractivity contribution in [3.8, 4) is 5.75 Å². The van der Waals surface area contributed by atoms with Crippen LogP contribution in [0, 0.1) is 0 Å². The van der Waals surface area contributed by atoms with E-state index in [0.29, 0.717) is 23.4 Å². The van der Waals surface area contributed by atoms with Gasteiger partial charge in [-0.25, -0.2) is 9.59 Å². The van der Waals surface area contributed by atoms with E-state index in [-0.39, 0.29) is 12.1 Å². The Hall–Kier alpha value is -2.02. The molecule has 0 radical (unpaired) electrons. The van der Waals surface area contributed by atoms with E-state index in [1.807, 2.05) is 19.1 Å². The molecule has 1 aliphatic heterocycles. The van der Waals surface area contributed by atoms with Gasteiger partial charge in [-0.2, -0.15) is 0 Å². The summed E-state index contributed by atoms with van der Waals surface area (Å²) in [5.74, 6) is 0.246. The fourth-order valence-corrected chi connectivity index (χ4v) is 3.25. The predicted molar refractivity (Wildman–Crippen MR) is 98.3 cm³/mol. The lowest BCUT2D eigenvalue weighted by atomic mass is 9.93. The highest BCUT2D eigenvalue weighted by Crippen LogP contribution is 2.34. The maximum absolute atomic E-state index is 12.7. The normalized spacial score (nSPS) is 17.2. The van der Waals surface area contributed by atoms with Crippen molar-refractivity contribution in [2.75, 3.05) is 7.11 Å². The van der Waals surface area contributed by atoms with Crippen molar-refractivity contribution < 1.29 is 19.1 Å². The summed E-state index contributed by atoms with van der Waals surface area (Å²) in [7, 11) is 1.58. The topological polar surface area (TPSA) is 76.7 Å². The highest BCUT2D eigenvalue weighted by molar-refractivity contribution is 9.10. The summed E-state index contributed by atoms with van der Waals surface area (Å²) in [6.07, 6.45) is 1.14. The largest absolute Gasteiger partial charge is 0.496 e. The monoisotopic (exact) mass is 410 g/mol. The fraction of sp³-hybridized carbons (Fsp3) is 0.444. The van der Waals surface area contributed by atoms with E-state index in [2.05, 4.69) is 26.6 Å². The smallest absolute Gasteiger partial charge is 0.338 e. The first-order valence-electron chi connectivity index (χ1n) is 8.22. The second-order valence-corrected chi connectivity index (χ2v) is 6.88. The summed E-state index contributed by atoms with van der Waals surface area (Å²) < 4.78 is 11.4. The Morgan fingerprint density at radius 3 is 2.64 bits per heavy atom. The number of rotatable bonds is 6. The van der Waals surface area contributed by atoms with Crippen molar-refractivity contribution >= 4 is 27.9 Å². The molecule has 7 heteroatoms. The minimum atomic E-state index is -0.580. The van der Waals surface area contributed by atoms with Crippen LogP contribution in [0.5, 0.6) is 5.75 Å². The summed E-state index contributed by atoms with van der Waals surface area (Å²) in [5.41, 5.74) is 1.81. The van der Waals surface area contributed by atoms with Gasteiger partial charge in [0.25, 0.3) is 0 Å². The molecule has 25 heavy (non-hydrogen) atoms. The second kappa shape index (κ2) is 8.38. The van der Waals surface area contributed by atoms with E-state index in [0.717, 1.165) is 16.5 Å². The Balaban J connectivity index is 2.51. The van der Waals surface area contributed by atoms with Crippen LogP contribution in [0.1, 0.15) is 45.2 Å². The molecular weight excluding hydrogens is 388 g/mol. The zero-order chi connectivity index (χ0) is 18.6. The van der Waals surface area contributed by atoms with E-state index >= 15 is 0 Å². The minimum absolute atomic E-state index is 0.247. The molecule has 1 aliphatic rings. The summed E-state index contributed by atoms with van der Waals surface area (Å²) in [5, 5.41) is 5.57. The van der Waals surface area contributed by atoms with E-state index in [9.17, 15) is 9.59 Å². The van der Waals surface area contributed by atoms with Crippen molar-refractivity contribution in [1.29, 1.82) is 0 Å². The Morgan fingerprint density at radius 2 is 2.08 bits per heavy atom. The molecule has 2 N–H and O–H groups in total. The van der Waals surface area contributed by atoms with E-state index < -0.39 is 12.0 Å². The summed E-state index contributed by atoms with van der Waals surface area (Å²) >= 11 is 3.45. The van der Waals surface area contributed by atoms with Crippen LogP contribution in [0.25, 0.3) is 0 Å². The SMILES string of the molecule is CCCC1=C(C(=O)OC(C)C)C(c2ccc(OC)c(Br)c2)NC(=O)N1. The van der Waals surface area contributed by atoms with Crippen LogP contribution < -0.4 is 15.4 Å². The molecule has 0 spiro atoms. The third-order valence-electron chi connectivity index (χ3n) is 3.73. The first-order valence-corrected chi connectivity index (χ1v) is 9.01. The molecule has 2 rings (SSSR count). The molecule has 6 nitrogen and oxygen atoms in total. The minimum Gasteiger partial charge on any atom is -0.496 e. The number of urea groups is 1. The molecule has 0 aromatic heterocycles. The molecule has 2 amide bonds. The molecule has 1 unspecified atom stereocenters. The van der Waals surface area contributed by atoms with Crippen molar-refractivity contribution in [2.45, 2.75) is 45.8 Å². The molecule has 0 aliphatic carbocycles. The number of methoxy groups -OCH3 is 1. The van der Waals surface area contributed by atoms with Gasteiger partial charge in [-0.15, -0.1) is 0 Å². The van der Waals surface area contributed by atoms with Gasteiger partial charge in [0.05, 0.1) is 29.3 Å². The highest BCUT2D eigenvalue weighted by atomic mass is 79.9. The molecule has 0 bridgehead atoms. The number of hydrogen-bond acceptors (Lipinski definition) is 4. The second-order valence-electron chi connectivity index (χ2n) is 6.02. The summed E-state index contributed by atoms with van der Waals surface area (Å²) in [6.45, 7) is 5.59. The first-order chi connectivity index (χ1) is 11.9. The Bertz CT molecular complexity index is 700. The summed E-state index contributed by atoms with van der Waals surface area (Å²) in [4.78, 5) is 24.8. The van der Waals surface area contributed by atoms with Crippen LogP contribution in [0.3, 0.4) is 0 Å². The van der Waals surface area contributed by atoms with Crippen LogP contribution in [0.4, 0.5) is 4.79 Å². The van der Waals surface area contributed by atoms with Gasteiger partial charge in [0.1, 0.15) is 5.75 Å². The van der Waals surface area contributed by atoms with Gasteiger partial charge in [0.2, 0.25) is 0 Å². The van der Waals surface area contributed by atoms with Crippen LogP contribution in [-0.4, -0.2) is 25.2 Å². The Kier molecular flexibility index (Phi) is 6.47. The standard InChI is InChI=1S/C18H23BrN2O4/c1-5-6-13-15(17(22)25-10(2)3)16(21-18(23)20-13)11-7-8-14(24-4)12(19)9-11/h7-10,16H,5-6H2,1-4H3,(H2,20,21,23). The van der Waals surface area contributed by atoms with E-state index in [1.165, 1.54) is 0 Å². The van der Waals surface area contributed by atoms with Crippen molar-refractivity contribution in [3.63, 3.8) is 0 Å². The van der Waals surface area contributed by atoms with Gasteiger partial charge in [-0.3, -0.25) is 0 Å². The summed E-state index contributed by atoms with van der Waals surface area (Å²) in [6, 6.07) is 4.54. The van der Waals surface area contributed by atoms with Crippen molar-refractivity contribution in [1.82, 2.24) is 10.6 Å². The number of nitrogens with one attached hydrogen (secondary N) is 2. The van der Waals surface area contributed by atoms with Crippen LogP contribution >= 0.6 is 15.9 Å². The van der Waals surface area contributed by atoms with Crippen molar-refractivity contribution in [3.05, 3.63) is 39.5 Å². The molecule has 0 saturated heterocycles. The zero-order valence-corrected chi connectivity index (χ0v) is 16.4. The quantitative estimate of drug-likeness (QED) is 0.698. The maximum atomic E-state index is 12.7. The third kappa shape index (κ3) is 4.54. The van der Waals surface area contributed by atoms with Crippen LogP contribution in [0.2, 0.25) is 0 Å². The highest BCUT2D eigenvalue weighted by Gasteiger charge is 2.34. The molecule has 1 aromatic carbocycles. The molecule has 0 fully saturated rings. The van der Waals surface area contributed by atoms with Crippen LogP contribution in [-0.2, 0) is 9.53 Å². The van der Waals surface area contributed by atoms with Gasteiger partial charge in [0.15, 0.2) is 0 Å². The number of amides is 2. The number of ether oxygens (including phenoxy) is 2. The van der Waals surface area contributed by atoms with E-state index in [1.54, 1.807) is 27.0 Å². The lowest BCUT2D eigenvalue weighted by molar-refractivity contribution is -0.143. The number of hydrogen-bond donors (Lipinski definition) is 2. The average Bonchev–Trinajstić information content (AvgIpc) is 2.53. The van der Waals surface area contributed by atoms with Gasteiger partial charge in [-0.1, -0.05) is 19.4 Å². The van der Waals surface area contributed by atoms with Gasteiger partial charge in [0, 0.05) is 5.70 Å².